The van der Waals surface area contributed by atoms with E-state index in [4.69, 9.17) is 4.74 Å². The maximum atomic E-state index is 10.7. The topological polar surface area (TPSA) is 29.5 Å². The van der Waals surface area contributed by atoms with Crippen LogP contribution in [-0.4, -0.2) is 5.11 Å². The second-order valence-corrected chi connectivity index (χ2v) is 6.24. The lowest BCUT2D eigenvalue weighted by Gasteiger charge is -2.26. The highest BCUT2D eigenvalue weighted by atomic mass is 16.5. The van der Waals surface area contributed by atoms with E-state index in [1.54, 1.807) is 0 Å². The molecule has 0 aliphatic rings. The smallest absolute Gasteiger partial charge is 0.120 e. The van der Waals surface area contributed by atoms with Crippen LogP contribution in [0.5, 0.6) is 5.75 Å². The summed E-state index contributed by atoms with van der Waals surface area (Å²) in [6.07, 6.45) is 1.43. The number of hydrogen-bond donors (Lipinski definition) is 1. The summed E-state index contributed by atoms with van der Waals surface area (Å²) >= 11 is 0. The van der Waals surface area contributed by atoms with Crippen LogP contribution >= 0.6 is 0 Å². The molecule has 3 aromatic rings. The molecule has 0 aliphatic carbocycles. The molecule has 3 aromatic carbocycles. The molecule has 24 heavy (non-hydrogen) atoms. The Kier molecular flexibility index (Phi) is 4.86. The summed E-state index contributed by atoms with van der Waals surface area (Å²) in [5.41, 5.74) is 1.40. The van der Waals surface area contributed by atoms with Crippen molar-refractivity contribution in [2.45, 2.75) is 38.9 Å². The van der Waals surface area contributed by atoms with Gasteiger partial charge in [-0.25, -0.2) is 0 Å². The third-order valence-corrected chi connectivity index (χ3v) is 4.77. The fourth-order valence-electron chi connectivity index (χ4n) is 3.00. The molecule has 0 saturated carbocycles. The van der Waals surface area contributed by atoms with E-state index < -0.39 is 5.60 Å². The number of fused-ring (bicyclic) bond motifs is 1. The molecule has 0 radical (unpaired) electrons. The fraction of sp³-hybridized carbons (Fsp3) is 0.273. The zero-order chi connectivity index (χ0) is 17.0. The zero-order valence-corrected chi connectivity index (χ0v) is 14.3. The van der Waals surface area contributed by atoms with E-state index in [0.29, 0.717) is 19.4 Å². The van der Waals surface area contributed by atoms with Gasteiger partial charge in [0.15, 0.2) is 0 Å². The molecule has 2 nitrogen and oxygen atoms in total. The maximum Gasteiger partial charge on any atom is 0.120 e. The van der Waals surface area contributed by atoms with Gasteiger partial charge in [0, 0.05) is 0 Å². The Labute approximate surface area is 143 Å². The van der Waals surface area contributed by atoms with Crippen LogP contribution in [0.2, 0.25) is 0 Å². The van der Waals surface area contributed by atoms with Crippen LogP contribution < -0.4 is 4.74 Å². The highest BCUT2D eigenvalue weighted by Crippen LogP contribution is 2.31. The number of aliphatic hydroxyl groups is 1. The van der Waals surface area contributed by atoms with E-state index >= 15 is 0 Å². The van der Waals surface area contributed by atoms with E-state index in [9.17, 15) is 5.11 Å². The average molecular weight is 320 g/mol. The van der Waals surface area contributed by atoms with Gasteiger partial charge in [-0.15, -0.1) is 0 Å². The number of hydrogen-bond acceptors (Lipinski definition) is 2. The van der Waals surface area contributed by atoms with Gasteiger partial charge in [0.25, 0.3) is 0 Å². The summed E-state index contributed by atoms with van der Waals surface area (Å²) in [7, 11) is 0. The Morgan fingerprint density at radius 2 is 1.50 bits per heavy atom. The summed E-state index contributed by atoms with van der Waals surface area (Å²) in [6, 6.07) is 22.4. The van der Waals surface area contributed by atoms with E-state index in [1.165, 1.54) is 0 Å². The highest BCUT2D eigenvalue weighted by Gasteiger charge is 2.24. The van der Waals surface area contributed by atoms with Gasteiger partial charge in [0.1, 0.15) is 12.4 Å². The highest BCUT2D eigenvalue weighted by molar-refractivity contribution is 5.84. The Bertz CT molecular complexity index is 805. The minimum absolute atomic E-state index is 0.565. The largest absolute Gasteiger partial charge is 0.489 e. The van der Waals surface area contributed by atoms with Crippen molar-refractivity contribution in [3.05, 3.63) is 77.9 Å². The van der Waals surface area contributed by atoms with Gasteiger partial charge in [-0.05, 0) is 52.9 Å². The number of ether oxygens (including phenoxy) is 1. The van der Waals surface area contributed by atoms with Crippen molar-refractivity contribution in [1.82, 2.24) is 0 Å². The first kappa shape index (κ1) is 16.5. The van der Waals surface area contributed by atoms with Crippen LogP contribution in [-0.2, 0) is 12.2 Å². The minimum atomic E-state index is -0.739. The third kappa shape index (κ3) is 3.44. The Hall–Kier alpha value is -2.32. The van der Waals surface area contributed by atoms with Crippen molar-refractivity contribution in [3.8, 4) is 5.75 Å². The molecule has 0 aliphatic heterocycles. The van der Waals surface area contributed by atoms with Crippen LogP contribution in [0, 0.1) is 0 Å². The second kappa shape index (κ2) is 7.06. The van der Waals surface area contributed by atoms with Crippen LogP contribution in [0.4, 0.5) is 0 Å². The van der Waals surface area contributed by atoms with E-state index in [2.05, 4.69) is 36.4 Å². The molecule has 0 heterocycles. The van der Waals surface area contributed by atoms with Crippen molar-refractivity contribution in [1.29, 1.82) is 0 Å². The van der Waals surface area contributed by atoms with Crippen molar-refractivity contribution in [3.63, 3.8) is 0 Å². The SMILES string of the molecule is CCC(O)(CC)c1ccc2cc(OCc3ccccc3)ccc2c1. The Balaban J connectivity index is 1.82. The lowest BCUT2D eigenvalue weighted by atomic mass is 9.87. The lowest BCUT2D eigenvalue weighted by Crippen LogP contribution is -2.23. The molecule has 1 N–H and O–H groups in total. The standard InChI is InChI=1S/C22H24O2/c1-3-22(23,4-2)20-12-10-19-15-21(13-11-18(19)14-20)24-16-17-8-6-5-7-9-17/h5-15,23H,3-4,16H2,1-2H3. The molecular formula is C22H24O2. The van der Waals surface area contributed by atoms with Crippen molar-refractivity contribution >= 4 is 10.8 Å². The van der Waals surface area contributed by atoms with Crippen LogP contribution in [0.3, 0.4) is 0 Å². The predicted molar refractivity (Wildman–Crippen MR) is 99.2 cm³/mol. The summed E-state index contributed by atoms with van der Waals surface area (Å²) in [5, 5.41) is 12.9. The van der Waals surface area contributed by atoms with Crippen LogP contribution in [0.25, 0.3) is 10.8 Å². The Morgan fingerprint density at radius 3 is 2.21 bits per heavy atom. The molecule has 0 fully saturated rings. The molecular weight excluding hydrogens is 296 g/mol. The molecule has 0 unspecified atom stereocenters. The molecule has 2 heteroatoms. The zero-order valence-electron chi connectivity index (χ0n) is 14.3. The quantitative estimate of drug-likeness (QED) is 0.656. The Morgan fingerprint density at radius 1 is 0.833 bits per heavy atom. The maximum absolute atomic E-state index is 10.7. The number of rotatable bonds is 6. The monoisotopic (exact) mass is 320 g/mol. The first-order valence-corrected chi connectivity index (χ1v) is 8.58. The summed E-state index contributed by atoms with van der Waals surface area (Å²) in [5.74, 6) is 0.861. The van der Waals surface area contributed by atoms with E-state index in [-0.39, 0.29) is 0 Å². The first-order valence-electron chi connectivity index (χ1n) is 8.58. The normalized spacial score (nSPS) is 11.6. The molecule has 0 atom stereocenters. The van der Waals surface area contributed by atoms with Gasteiger partial charge in [0.05, 0.1) is 5.60 Å². The van der Waals surface area contributed by atoms with Gasteiger partial charge in [-0.2, -0.15) is 0 Å². The molecule has 0 amide bonds. The minimum Gasteiger partial charge on any atom is -0.489 e. The summed E-state index contributed by atoms with van der Waals surface area (Å²) in [6.45, 7) is 4.61. The van der Waals surface area contributed by atoms with Gasteiger partial charge in [0.2, 0.25) is 0 Å². The van der Waals surface area contributed by atoms with Crippen LogP contribution in [0.15, 0.2) is 66.7 Å². The van der Waals surface area contributed by atoms with Gasteiger partial charge in [-0.3, -0.25) is 0 Å². The van der Waals surface area contributed by atoms with Crippen molar-refractivity contribution < 1.29 is 9.84 Å². The second-order valence-electron chi connectivity index (χ2n) is 6.24. The molecule has 0 saturated heterocycles. The lowest BCUT2D eigenvalue weighted by molar-refractivity contribution is 0.0285. The fourth-order valence-corrected chi connectivity index (χ4v) is 3.00. The molecule has 0 spiro atoms. The van der Waals surface area contributed by atoms with Gasteiger partial charge < -0.3 is 9.84 Å². The number of benzene rings is 3. The first-order chi connectivity index (χ1) is 11.6. The summed E-state index contributed by atoms with van der Waals surface area (Å²) < 4.78 is 5.89. The molecule has 0 aromatic heterocycles. The van der Waals surface area contributed by atoms with Gasteiger partial charge in [-0.1, -0.05) is 62.4 Å². The molecule has 124 valence electrons. The van der Waals surface area contributed by atoms with Crippen molar-refractivity contribution in [2.24, 2.45) is 0 Å². The third-order valence-electron chi connectivity index (χ3n) is 4.77. The average Bonchev–Trinajstić information content (AvgIpc) is 2.66. The molecule has 0 bridgehead atoms. The van der Waals surface area contributed by atoms with E-state index in [1.807, 2.05) is 44.2 Å². The molecule has 3 rings (SSSR count). The summed E-state index contributed by atoms with van der Waals surface area (Å²) in [4.78, 5) is 0. The van der Waals surface area contributed by atoms with Crippen molar-refractivity contribution in [2.75, 3.05) is 0 Å². The predicted octanol–water partition coefficient (Wildman–Crippen LogP) is 5.43. The van der Waals surface area contributed by atoms with Gasteiger partial charge >= 0.3 is 0 Å². The van der Waals surface area contributed by atoms with E-state index in [0.717, 1.165) is 27.6 Å². The van der Waals surface area contributed by atoms with Crippen LogP contribution in [0.1, 0.15) is 37.8 Å².